The molecule has 0 aliphatic carbocycles. The molecule has 4 rings (SSSR count). The van der Waals surface area contributed by atoms with E-state index in [2.05, 4.69) is 20.1 Å². The Labute approximate surface area is 162 Å². The SMILES string of the molecule is COc1ccc(-n2c(C)nnc2N2CC(C)(Oc3cccc(F)c3)C2)c(C)n1. The van der Waals surface area contributed by atoms with Crippen LogP contribution in [0.5, 0.6) is 11.6 Å². The first-order chi connectivity index (χ1) is 13.4. The third-order valence-corrected chi connectivity index (χ3v) is 4.78. The van der Waals surface area contributed by atoms with E-state index < -0.39 is 5.60 Å². The Hall–Kier alpha value is -3.16. The van der Waals surface area contributed by atoms with Crippen molar-refractivity contribution in [1.82, 2.24) is 19.7 Å². The van der Waals surface area contributed by atoms with Crippen LogP contribution in [-0.4, -0.2) is 45.5 Å². The molecule has 1 fully saturated rings. The van der Waals surface area contributed by atoms with Crippen molar-refractivity contribution in [2.75, 3.05) is 25.1 Å². The lowest BCUT2D eigenvalue weighted by atomic mass is 9.97. The van der Waals surface area contributed by atoms with Crippen molar-refractivity contribution in [2.24, 2.45) is 0 Å². The Morgan fingerprint density at radius 3 is 2.57 bits per heavy atom. The summed E-state index contributed by atoms with van der Waals surface area (Å²) in [5.41, 5.74) is 1.30. The van der Waals surface area contributed by atoms with E-state index >= 15 is 0 Å². The van der Waals surface area contributed by atoms with Crippen LogP contribution in [0.1, 0.15) is 18.4 Å². The molecular formula is C20H22FN5O2. The lowest BCUT2D eigenvalue weighted by molar-refractivity contribution is 0.0563. The summed E-state index contributed by atoms with van der Waals surface area (Å²) in [6.45, 7) is 7.06. The van der Waals surface area contributed by atoms with Crippen LogP contribution in [0.15, 0.2) is 36.4 Å². The van der Waals surface area contributed by atoms with Gasteiger partial charge in [0.05, 0.1) is 31.6 Å². The number of benzene rings is 1. The fourth-order valence-electron chi connectivity index (χ4n) is 3.50. The van der Waals surface area contributed by atoms with Crippen molar-refractivity contribution < 1.29 is 13.9 Å². The van der Waals surface area contributed by atoms with E-state index in [4.69, 9.17) is 9.47 Å². The third kappa shape index (κ3) is 3.26. The summed E-state index contributed by atoms with van der Waals surface area (Å²) < 4.78 is 26.6. The molecule has 2 aromatic heterocycles. The molecule has 0 spiro atoms. The molecule has 1 saturated heterocycles. The molecule has 7 nitrogen and oxygen atoms in total. The highest BCUT2D eigenvalue weighted by Crippen LogP contribution is 2.33. The van der Waals surface area contributed by atoms with Crippen LogP contribution < -0.4 is 14.4 Å². The number of nitrogens with zero attached hydrogens (tertiary/aromatic N) is 5. The van der Waals surface area contributed by atoms with E-state index in [0.29, 0.717) is 24.7 Å². The Morgan fingerprint density at radius 2 is 1.89 bits per heavy atom. The minimum absolute atomic E-state index is 0.310. The quantitative estimate of drug-likeness (QED) is 0.675. The molecule has 0 saturated carbocycles. The van der Waals surface area contributed by atoms with Crippen LogP contribution in [0.2, 0.25) is 0 Å². The van der Waals surface area contributed by atoms with Gasteiger partial charge in [-0.2, -0.15) is 0 Å². The first-order valence-electron chi connectivity index (χ1n) is 9.02. The van der Waals surface area contributed by atoms with Gasteiger partial charge in [0.1, 0.15) is 23.0 Å². The van der Waals surface area contributed by atoms with Crippen molar-refractivity contribution in [1.29, 1.82) is 0 Å². The Bertz CT molecular complexity index is 1010. The summed E-state index contributed by atoms with van der Waals surface area (Å²) in [6, 6.07) is 9.97. The van der Waals surface area contributed by atoms with Gasteiger partial charge in [0.25, 0.3) is 0 Å². The minimum atomic E-state index is -0.425. The number of hydrogen-bond donors (Lipinski definition) is 0. The van der Waals surface area contributed by atoms with E-state index in [1.807, 2.05) is 37.5 Å². The maximum atomic E-state index is 13.4. The van der Waals surface area contributed by atoms with Crippen LogP contribution in [0.25, 0.3) is 5.69 Å². The number of aromatic nitrogens is 4. The maximum absolute atomic E-state index is 13.4. The van der Waals surface area contributed by atoms with Crippen LogP contribution in [0, 0.1) is 19.7 Å². The van der Waals surface area contributed by atoms with Crippen molar-refractivity contribution in [3.8, 4) is 17.3 Å². The molecule has 3 aromatic rings. The summed E-state index contributed by atoms with van der Waals surface area (Å²) in [7, 11) is 1.59. The number of aryl methyl sites for hydroxylation is 2. The third-order valence-electron chi connectivity index (χ3n) is 4.78. The van der Waals surface area contributed by atoms with Crippen LogP contribution in [0.4, 0.5) is 10.3 Å². The van der Waals surface area contributed by atoms with Crippen LogP contribution in [0.3, 0.4) is 0 Å². The fourth-order valence-corrected chi connectivity index (χ4v) is 3.50. The van der Waals surface area contributed by atoms with Crippen molar-refractivity contribution in [3.05, 3.63) is 53.7 Å². The van der Waals surface area contributed by atoms with Crippen molar-refractivity contribution >= 4 is 5.95 Å². The lowest BCUT2D eigenvalue weighted by Gasteiger charge is -2.47. The topological polar surface area (TPSA) is 65.3 Å². The van der Waals surface area contributed by atoms with Crippen molar-refractivity contribution in [3.63, 3.8) is 0 Å². The van der Waals surface area contributed by atoms with E-state index in [9.17, 15) is 4.39 Å². The van der Waals surface area contributed by atoms with E-state index in [1.165, 1.54) is 12.1 Å². The van der Waals surface area contributed by atoms with Gasteiger partial charge in [0.15, 0.2) is 0 Å². The van der Waals surface area contributed by atoms with Gasteiger partial charge in [-0.15, -0.1) is 10.2 Å². The molecule has 8 heteroatoms. The molecule has 0 radical (unpaired) electrons. The maximum Gasteiger partial charge on any atom is 0.232 e. The first kappa shape index (κ1) is 18.2. The number of methoxy groups -OCH3 is 1. The van der Waals surface area contributed by atoms with Gasteiger partial charge >= 0.3 is 0 Å². The largest absolute Gasteiger partial charge is 0.484 e. The molecule has 3 heterocycles. The predicted molar refractivity (Wildman–Crippen MR) is 103 cm³/mol. The zero-order chi connectivity index (χ0) is 19.9. The van der Waals surface area contributed by atoms with Gasteiger partial charge in [-0.05, 0) is 39.0 Å². The second-order valence-electron chi connectivity index (χ2n) is 7.21. The number of hydrogen-bond acceptors (Lipinski definition) is 6. The molecule has 1 aromatic carbocycles. The van der Waals surface area contributed by atoms with Gasteiger partial charge < -0.3 is 14.4 Å². The van der Waals surface area contributed by atoms with E-state index in [0.717, 1.165) is 23.2 Å². The number of ether oxygens (including phenoxy) is 2. The fraction of sp³-hybridized carbons (Fsp3) is 0.350. The molecule has 146 valence electrons. The molecule has 28 heavy (non-hydrogen) atoms. The second-order valence-corrected chi connectivity index (χ2v) is 7.21. The molecule has 0 N–H and O–H groups in total. The summed E-state index contributed by atoms with van der Waals surface area (Å²) in [5, 5.41) is 8.59. The molecule has 0 atom stereocenters. The van der Waals surface area contributed by atoms with Crippen LogP contribution >= 0.6 is 0 Å². The highest BCUT2D eigenvalue weighted by atomic mass is 19.1. The normalized spacial score (nSPS) is 15.2. The zero-order valence-electron chi connectivity index (χ0n) is 16.3. The summed E-state index contributed by atoms with van der Waals surface area (Å²) in [4.78, 5) is 6.53. The smallest absolute Gasteiger partial charge is 0.232 e. The number of rotatable bonds is 5. The first-order valence-corrected chi connectivity index (χ1v) is 9.02. The molecule has 0 unspecified atom stereocenters. The molecule has 0 amide bonds. The summed E-state index contributed by atoms with van der Waals surface area (Å²) >= 11 is 0. The van der Waals surface area contributed by atoms with Gasteiger partial charge in [0.2, 0.25) is 11.8 Å². The second kappa shape index (κ2) is 6.78. The monoisotopic (exact) mass is 383 g/mol. The number of pyridine rings is 1. The number of anilines is 1. The highest BCUT2D eigenvalue weighted by molar-refractivity contribution is 5.50. The van der Waals surface area contributed by atoms with Crippen molar-refractivity contribution in [2.45, 2.75) is 26.4 Å². The Morgan fingerprint density at radius 1 is 1.11 bits per heavy atom. The van der Waals surface area contributed by atoms with Gasteiger partial charge in [-0.1, -0.05) is 6.07 Å². The zero-order valence-corrected chi connectivity index (χ0v) is 16.3. The molecule has 0 bridgehead atoms. The number of halogens is 1. The van der Waals surface area contributed by atoms with E-state index in [-0.39, 0.29) is 5.82 Å². The van der Waals surface area contributed by atoms with Crippen LogP contribution in [-0.2, 0) is 0 Å². The molecule has 1 aliphatic heterocycles. The molecule has 1 aliphatic rings. The lowest BCUT2D eigenvalue weighted by Crippen LogP contribution is -2.64. The van der Waals surface area contributed by atoms with Gasteiger partial charge in [-0.25, -0.2) is 9.37 Å². The van der Waals surface area contributed by atoms with Gasteiger partial charge in [-0.3, -0.25) is 4.57 Å². The average molecular weight is 383 g/mol. The predicted octanol–water partition coefficient (Wildman–Crippen LogP) is 3.08. The summed E-state index contributed by atoms with van der Waals surface area (Å²) in [5.74, 6) is 2.27. The Kier molecular flexibility index (Phi) is 4.41. The average Bonchev–Trinajstić information content (AvgIpc) is 3.00. The standard InChI is InChI=1S/C20H22FN5O2/c1-13-17(8-9-18(22-13)27-4)26-14(2)23-24-19(26)25-11-20(3,12-25)28-16-7-5-6-15(21)10-16/h5-10H,11-12H2,1-4H3. The Balaban J connectivity index is 1.56. The van der Waals surface area contributed by atoms with E-state index in [1.54, 1.807) is 19.2 Å². The summed E-state index contributed by atoms with van der Waals surface area (Å²) in [6.07, 6.45) is 0. The minimum Gasteiger partial charge on any atom is -0.484 e. The van der Waals surface area contributed by atoms with Gasteiger partial charge in [0, 0.05) is 12.1 Å². The highest BCUT2D eigenvalue weighted by Gasteiger charge is 2.43. The molecular weight excluding hydrogens is 361 g/mol.